The number of hydrogen-bond donors (Lipinski definition) is 3. The lowest BCUT2D eigenvalue weighted by Crippen LogP contribution is -2.31. The summed E-state index contributed by atoms with van der Waals surface area (Å²) in [5.41, 5.74) is 5.11. The Labute approximate surface area is 162 Å². The van der Waals surface area contributed by atoms with Crippen molar-refractivity contribution < 1.29 is 9.90 Å². The number of aryl methyl sites for hydroxylation is 1. The molecule has 1 aliphatic rings. The predicted molar refractivity (Wildman–Crippen MR) is 105 cm³/mol. The maximum absolute atomic E-state index is 12.6. The van der Waals surface area contributed by atoms with Crippen molar-refractivity contribution in [3.05, 3.63) is 75.0 Å². The van der Waals surface area contributed by atoms with Crippen LogP contribution in [0.3, 0.4) is 0 Å². The Morgan fingerprint density at radius 1 is 1.36 bits per heavy atom. The number of aromatic nitrogens is 3. The molecule has 1 aromatic carbocycles. The first-order valence-corrected chi connectivity index (χ1v) is 9.31. The molecule has 1 atom stereocenters. The van der Waals surface area contributed by atoms with Crippen LogP contribution in [-0.4, -0.2) is 25.8 Å². The van der Waals surface area contributed by atoms with Crippen LogP contribution in [0.5, 0.6) is 5.75 Å². The molecule has 3 aromatic rings. The van der Waals surface area contributed by atoms with Crippen LogP contribution in [0, 0.1) is 13.8 Å². The molecule has 28 heavy (non-hydrogen) atoms. The molecular formula is C21H22N4O3. The zero-order valence-electron chi connectivity index (χ0n) is 15.8. The van der Waals surface area contributed by atoms with Gasteiger partial charge in [0.25, 0.3) is 11.5 Å². The number of rotatable bonds is 3. The Morgan fingerprint density at radius 2 is 2.18 bits per heavy atom. The molecule has 2 heterocycles. The molecule has 0 spiro atoms. The number of amides is 1. The first-order chi connectivity index (χ1) is 13.5. The van der Waals surface area contributed by atoms with E-state index in [0.29, 0.717) is 0 Å². The van der Waals surface area contributed by atoms with Crippen LogP contribution in [0.25, 0.3) is 5.69 Å². The van der Waals surface area contributed by atoms with Gasteiger partial charge in [-0.1, -0.05) is 12.1 Å². The molecule has 1 aliphatic carbocycles. The molecule has 0 aliphatic heterocycles. The highest BCUT2D eigenvalue weighted by molar-refractivity contribution is 5.96. The average Bonchev–Trinajstić information content (AvgIpc) is 3.09. The standard InChI is InChI=1S/C21H22N4O3/c1-12-5-3-7-17(13(12)2)25-18-8-4-6-16(14(18)11-23-25)24-21(28)15-10-22-20(27)9-19(15)26/h3,5,7,9-11,16H,4,6,8H2,1-2H3,(H,24,28)(H2,22,26,27)/t16-/m0/s1. The molecule has 144 valence electrons. The number of H-pyrrole nitrogens is 1. The van der Waals surface area contributed by atoms with Crippen molar-refractivity contribution in [2.75, 3.05) is 0 Å². The summed E-state index contributed by atoms with van der Waals surface area (Å²) in [6.45, 7) is 4.16. The summed E-state index contributed by atoms with van der Waals surface area (Å²) >= 11 is 0. The van der Waals surface area contributed by atoms with E-state index in [9.17, 15) is 14.7 Å². The van der Waals surface area contributed by atoms with E-state index >= 15 is 0 Å². The summed E-state index contributed by atoms with van der Waals surface area (Å²) in [6.07, 6.45) is 5.65. The lowest BCUT2D eigenvalue weighted by Gasteiger charge is -2.24. The van der Waals surface area contributed by atoms with Gasteiger partial charge in [-0.15, -0.1) is 0 Å². The van der Waals surface area contributed by atoms with Gasteiger partial charge in [0, 0.05) is 23.5 Å². The first kappa shape index (κ1) is 18.0. The van der Waals surface area contributed by atoms with E-state index in [1.54, 1.807) is 0 Å². The molecule has 0 saturated carbocycles. The van der Waals surface area contributed by atoms with Crippen LogP contribution in [-0.2, 0) is 6.42 Å². The number of carbonyl (C=O) groups excluding carboxylic acids is 1. The number of nitrogens with zero attached hydrogens (tertiary/aromatic N) is 2. The van der Waals surface area contributed by atoms with E-state index in [1.165, 1.54) is 17.3 Å². The van der Waals surface area contributed by atoms with Crippen LogP contribution < -0.4 is 10.9 Å². The maximum atomic E-state index is 12.6. The quantitative estimate of drug-likeness (QED) is 0.652. The molecule has 7 heteroatoms. The maximum Gasteiger partial charge on any atom is 0.257 e. The molecule has 4 rings (SSSR count). The fourth-order valence-electron chi connectivity index (χ4n) is 3.76. The molecule has 2 aromatic heterocycles. The minimum atomic E-state index is -0.455. The normalized spacial score (nSPS) is 15.9. The summed E-state index contributed by atoms with van der Waals surface area (Å²) in [5, 5.41) is 17.5. The van der Waals surface area contributed by atoms with Gasteiger partial charge in [0.1, 0.15) is 5.75 Å². The van der Waals surface area contributed by atoms with Crippen molar-refractivity contribution in [1.82, 2.24) is 20.1 Å². The average molecular weight is 378 g/mol. The van der Waals surface area contributed by atoms with Gasteiger partial charge in [-0.25, -0.2) is 4.68 Å². The Morgan fingerprint density at radius 3 is 2.96 bits per heavy atom. The summed E-state index contributed by atoms with van der Waals surface area (Å²) in [5.74, 6) is -0.755. The third-order valence-electron chi connectivity index (χ3n) is 5.44. The second-order valence-corrected chi connectivity index (χ2v) is 7.19. The topological polar surface area (TPSA) is 100 Å². The van der Waals surface area contributed by atoms with Gasteiger partial charge in [0.2, 0.25) is 0 Å². The van der Waals surface area contributed by atoms with E-state index in [2.05, 4.69) is 41.4 Å². The number of pyridine rings is 1. The second kappa shape index (κ2) is 6.99. The van der Waals surface area contributed by atoms with E-state index in [-0.39, 0.29) is 17.4 Å². The molecule has 1 amide bonds. The van der Waals surface area contributed by atoms with Crippen molar-refractivity contribution in [3.63, 3.8) is 0 Å². The number of nitrogens with one attached hydrogen (secondary N) is 2. The van der Waals surface area contributed by atoms with E-state index < -0.39 is 11.5 Å². The smallest absolute Gasteiger partial charge is 0.257 e. The monoisotopic (exact) mass is 378 g/mol. The molecule has 7 nitrogen and oxygen atoms in total. The van der Waals surface area contributed by atoms with Gasteiger partial charge in [-0.05, 0) is 50.3 Å². The largest absolute Gasteiger partial charge is 0.507 e. The Hall–Kier alpha value is -3.35. The molecule has 0 saturated heterocycles. The van der Waals surface area contributed by atoms with E-state index in [4.69, 9.17) is 0 Å². The first-order valence-electron chi connectivity index (χ1n) is 9.31. The summed E-state index contributed by atoms with van der Waals surface area (Å²) in [6, 6.07) is 6.96. The van der Waals surface area contributed by atoms with Gasteiger partial charge in [-0.3, -0.25) is 9.59 Å². The van der Waals surface area contributed by atoms with Crippen molar-refractivity contribution in [2.24, 2.45) is 0 Å². The van der Waals surface area contributed by atoms with Crippen LogP contribution >= 0.6 is 0 Å². The highest BCUT2D eigenvalue weighted by atomic mass is 16.3. The Balaban J connectivity index is 1.65. The third kappa shape index (κ3) is 3.09. The molecule has 0 radical (unpaired) electrons. The molecular weight excluding hydrogens is 356 g/mol. The van der Waals surface area contributed by atoms with Crippen molar-refractivity contribution >= 4 is 5.91 Å². The fourth-order valence-corrected chi connectivity index (χ4v) is 3.76. The van der Waals surface area contributed by atoms with Crippen LogP contribution in [0.1, 0.15) is 51.6 Å². The van der Waals surface area contributed by atoms with E-state index in [1.807, 2.05) is 16.9 Å². The predicted octanol–water partition coefficient (Wildman–Crippen LogP) is 2.69. The van der Waals surface area contributed by atoms with Gasteiger partial charge >= 0.3 is 0 Å². The molecule has 0 fully saturated rings. The minimum Gasteiger partial charge on any atom is -0.507 e. The lowest BCUT2D eigenvalue weighted by atomic mass is 9.92. The molecule has 0 unspecified atom stereocenters. The second-order valence-electron chi connectivity index (χ2n) is 7.19. The lowest BCUT2D eigenvalue weighted by molar-refractivity contribution is 0.0929. The summed E-state index contributed by atoms with van der Waals surface area (Å²) in [7, 11) is 0. The fraction of sp³-hybridized carbons (Fsp3) is 0.286. The number of benzene rings is 1. The molecule has 0 bridgehead atoms. The number of hydrogen-bond acceptors (Lipinski definition) is 4. The van der Waals surface area contributed by atoms with Gasteiger partial charge in [-0.2, -0.15) is 5.10 Å². The Kier molecular flexibility index (Phi) is 4.50. The summed E-state index contributed by atoms with van der Waals surface area (Å²) in [4.78, 5) is 26.3. The Bertz CT molecular complexity index is 1110. The van der Waals surface area contributed by atoms with Gasteiger partial charge in [0.05, 0.1) is 23.5 Å². The number of aromatic hydroxyl groups is 1. The van der Waals surface area contributed by atoms with Gasteiger partial charge in [0.15, 0.2) is 0 Å². The van der Waals surface area contributed by atoms with Gasteiger partial charge < -0.3 is 15.4 Å². The van der Waals surface area contributed by atoms with Crippen molar-refractivity contribution in [2.45, 2.75) is 39.2 Å². The summed E-state index contributed by atoms with van der Waals surface area (Å²) < 4.78 is 1.97. The van der Waals surface area contributed by atoms with Crippen molar-refractivity contribution in [3.8, 4) is 11.4 Å². The number of carbonyl (C=O) groups is 1. The van der Waals surface area contributed by atoms with Crippen LogP contribution in [0.4, 0.5) is 0 Å². The third-order valence-corrected chi connectivity index (χ3v) is 5.44. The van der Waals surface area contributed by atoms with Crippen molar-refractivity contribution in [1.29, 1.82) is 0 Å². The minimum absolute atomic E-state index is 0.0497. The zero-order chi connectivity index (χ0) is 19.8. The number of fused-ring (bicyclic) bond motifs is 1. The zero-order valence-corrected chi connectivity index (χ0v) is 15.8. The highest BCUT2D eigenvalue weighted by Crippen LogP contribution is 2.32. The highest BCUT2D eigenvalue weighted by Gasteiger charge is 2.27. The van der Waals surface area contributed by atoms with Crippen LogP contribution in [0.15, 0.2) is 41.5 Å². The SMILES string of the molecule is Cc1cccc(-n2ncc3c2CCC[C@@H]3NC(=O)c2c[nH]c(=O)cc2O)c1C. The van der Waals surface area contributed by atoms with Crippen LogP contribution in [0.2, 0.25) is 0 Å². The van der Waals surface area contributed by atoms with E-state index in [0.717, 1.165) is 42.3 Å². The molecule has 3 N–H and O–H groups in total. The number of aromatic amines is 1.